The Bertz CT molecular complexity index is 643. The lowest BCUT2D eigenvalue weighted by atomic mass is 10.1. The Labute approximate surface area is 134 Å². The highest BCUT2D eigenvalue weighted by Gasteiger charge is 2.23. The second-order valence-electron chi connectivity index (χ2n) is 5.62. The largest absolute Gasteiger partial charge is 0.488 e. The van der Waals surface area contributed by atoms with E-state index in [-0.39, 0.29) is 12.1 Å². The Morgan fingerprint density at radius 3 is 2.95 bits per heavy atom. The van der Waals surface area contributed by atoms with Gasteiger partial charge in [-0.15, -0.1) is 11.3 Å². The number of para-hydroxylation sites is 1. The van der Waals surface area contributed by atoms with Gasteiger partial charge in [-0.05, 0) is 35.6 Å². The number of nitrogens with zero attached hydrogens (tertiary/aromatic N) is 1. The molecule has 1 aliphatic rings. The molecule has 5 heteroatoms. The molecule has 3 rings (SSSR count). The fourth-order valence-corrected chi connectivity index (χ4v) is 3.52. The third kappa shape index (κ3) is 3.25. The van der Waals surface area contributed by atoms with Crippen molar-refractivity contribution in [1.82, 2.24) is 10.2 Å². The SMILES string of the molecule is Cc1ccsc1CN(C)C(=O)NC[C@@H]1Cc2ccccc2O1. The van der Waals surface area contributed by atoms with Gasteiger partial charge in [0.2, 0.25) is 0 Å². The van der Waals surface area contributed by atoms with E-state index < -0.39 is 0 Å². The molecule has 0 spiro atoms. The van der Waals surface area contributed by atoms with Crippen LogP contribution >= 0.6 is 11.3 Å². The van der Waals surface area contributed by atoms with E-state index in [0.717, 1.165) is 12.2 Å². The van der Waals surface area contributed by atoms with Gasteiger partial charge < -0.3 is 15.0 Å². The lowest BCUT2D eigenvalue weighted by Gasteiger charge is -2.19. The maximum atomic E-state index is 12.2. The minimum Gasteiger partial charge on any atom is -0.488 e. The lowest BCUT2D eigenvalue weighted by Crippen LogP contribution is -2.41. The summed E-state index contributed by atoms with van der Waals surface area (Å²) in [5, 5.41) is 5.01. The monoisotopic (exact) mass is 316 g/mol. The van der Waals surface area contributed by atoms with Gasteiger partial charge in [0.1, 0.15) is 11.9 Å². The minimum absolute atomic E-state index is 0.0261. The number of urea groups is 1. The summed E-state index contributed by atoms with van der Waals surface area (Å²) < 4.78 is 5.83. The van der Waals surface area contributed by atoms with Crippen LogP contribution in [0.25, 0.3) is 0 Å². The van der Waals surface area contributed by atoms with Crippen molar-refractivity contribution in [3.63, 3.8) is 0 Å². The number of nitrogens with one attached hydrogen (secondary N) is 1. The summed E-state index contributed by atoms with van der Waals surface area (Å²) in [6.45, 7) is 3.24. The molecular formula is C17H20N2O2S. The van der Waals surface area contributed by atoms with Crippen LogP contribution in [0, 0.1) is 6.92 Å². The Kier molecular flexibility index (Phi) is 4.34. The summed E-state index contributed by atoms with van der Waals surface area (Å²) in [7, 11) is 1.82. The van der Waals surface area contributed by atoms with Crippen LogP contribution in [0.2, 0.25) is 0 Å². The molecule has 1 N–H and O–H groups in total. The molecule has 0 saturated carbocycles. The molecule has 2 heterocycles. The summed E-state index contributed by atoms with van der Waals surface area (Å²) in [6.07, 6.45) is 0.878. The van der Waals surface area contributed by atoms with Crippen molar-refractivity contribution in [3.05, 3.63) is 51.7 Å². The van der Waals surface area contributed by atoms with Crippen molar-refractivity contribution in [3.8, 4) is 5.75 Å². The number of ether oxygens (including phenoxy) is 1. The summed E-state index contributed by atoms with van der Waals surface area (Å²) in [6, 6.07) is 10.0. The lowest BCUT2D eigenvalue weighted by molar-refractivity contribution is 0.191. The highest BCUT2D eigenvalue weighted by Crippen LogP contribution is 2.27. The molecule has 2 aromatic rings. The molecule has 4 nitrogen and oxygen atoms in total. The van der Waals surface area contributed by atoms with Crippen molar-refractivity contribution >= 4 is 17.4 Å². The number of carbonyl (C=O) groups excluding carboxylic acids is 1. The number of amides is 2. The Hall–Kier alpha value is -2.01. The molecule has 0 aliphatic carbocycles. The molecule has 0 saturated heterocycles. The number of benzene rings is 1. The van der Waals surface area contributed by atoms with Gasteiger partial charge in [-0.3, -0.25) is 0 Å². The first-order chi connectivity index (χ1) is 10.6. The van der Waals surface area contributed by atoms with E-state index in [1.165, 1.54) is 16.0 Å². The molecule has 1 aliphatic heterocycles. The van der Waals surface area contributed by atoms with Gasteiger partial charge >= 0.3 is 6.03 Å². The van der Waals surface area contributed by atoms with Crippen LogP contribution in [-0.4, -0.2) is 30.6 Å². The summed E-state index contributed by atoms with van der Waals surface area (Å²) in [5.74, 6) is 0.935. The van der Waals surface area contributed by atoms with Crippen molar-refractivity contribution in [2.45, 2.75) is 26.0 Å². The standard InChI is InChI=1S/C17H20N2O2S/c1-12-7-8-22-16(12)11-19(2)17(20)18-10-14-9-13-5-3-4-6-15(13)21-14/h3-8,14H,9-11H2,1-2H3,(H,18,20)/t14-/m0/s1. The summed E-state index contributed by atoms with van der Waals surface area (Å²) >= 11 is 1.68. The molecule has 1 aromatic carbocycles. The van der Waals surface area contributed by atoms with Crippen LogP contribution in [0.3, 0.4) is 0 Å². The highest BCUT2D eigenvalue weighted by atomic mass is 32.1. The van der Waals surface area contributed by atoms with E-state index >= 15 is 0 Å². The van der Waals surface area contributed by atoms with Gasteiger partial charge in [0, 0.05) is 18.3 Å². The van der Waals surface area contributed by atoms with Crippen LogP contribution in [0.4, 0.5) is 4.79 Å². The number of fused-ring (bicyclic) bond motifs is 1. The maximum absolute atomic E-state index is 12.2. The molecular weight excluding hydrogens is 296 g/mol. The van der Waals surface area contributed by atoms with Crippen LogP contribution in [0.15, 0.2) is 35.7 Å². The second-order valence-corrected chi connectivity index (χ2v) is 6.62. The van der Waals surface area contributed by atoms with Crippen molar-refractivity contribution in [1.29, 1.82) is 0 Å². The number of hydrogen-bond acceptors (Lipinski definition) is 3. The van der Waals surface area contributed by atoms with E-state index in [4.69, 9.17) is 4.74 Å². The van der Waals surface area contributed by atoms with Gasteiger partial charge in [0.05, 0.1) is 13.1 Å². The minimum atomic E-state index is -0.0626. The van der Waals surface area contributed by atoms with Gasteiger partial charge in [-0.25, -0.2) is 4.79 Å². The first-order valence-corrected chi connectivity index (χ1v) is 8.28. The third-order valence-electron chi connectivity index (χ3n) is 3.89. The van der Waals surface area contributed by atoms with Crippen LogP contribution in [0.5, 0.6) is 5.75 Å². The van der Waals surface area contributed by atoms with E-state index in [9.17, 15) is 4.79 Å². The Morgan fingerprint density at radius 2 is 2.23 bits per heavy atom. The quantitative estimate of drug-likeness (QED) is 0.941. The fraction of sp³-hybridized carbons (Fsp3) is 0.353. The number of carbonyl (C=O) groups is 1. The number of thiophene rings is 1. The molecule has 0 bridgehead atoms. The molecule has 1 atom stereocenters. The van der Waals surface area contributed by atoms with Crippen LogP contribution in [-0.2, 0) is 13.0 Å². The molecule has 116 valence electrons. The molecule has 0 fully saturated rings. The van der Waals surface area contributed by atoms with Gasteiger partial charge in [-0.2, -0.15) is 0 Å². The molecule has 0 radical (unpaired) electrons. The smallest absolute Gasteiger partial charge is 0.317 e. The first kappa shape index (κ1) is 14.9. The molecule has 2 amide bonds. The zero-order valence-corrected chi connectivity index (χ0v) is 13.7. The predicted octanol–water partition coefficient (Wildman–Crippen LogP) is 3.20. The molecule has 0 unspecified atom stereocenters. The summed E-state index contributed by atoms with van der Waals surface area (Å²) in [4.78, 5) is 15.1. The Balaban J connectivity index is 1.48. The van der Waals surface area contributed by atoms with Gasteiger partial charge in [-0.1, -0.05) is 18.2 Å². The Morgan fingerprint density at radius 1 is 1.41 bits per heavy atom. The van der Waals surface area contributed by atoms with E-state index in [1.807, 2.05) is 25.2 Å². The molecule has 22 heavy (non-hydrogen) atoms. The van der Waals surface area contributed by atoms with Gasteiger partial charge in [0.15, 0.2) is 0 Å². The zero-order chi connectivity index (χ0) is 15.5. The number of rotatable bonds is 4. The highest BCUT2D eigenvalue weighted by molar-refractivity contribution is 7.10. The van der Waals surface area contributed by atoms with E-state index in [0.29, 0.717) is 13.1 Å². The molecule has 1 aromatic heterocycles. The average molecular weight is 316 g/mol. The normalized spacial score (nSPS) is 16.0. The first-order valence-electron chi connectivity index (χ1n) is 7.40. The average Bonchev–Trinajstić information content (AvgIpc) is 3.10. The number of aryl methyl sites for hydroxylation is 1. The predicted molar refractivity (Wildman–Crippen MR) is 88.5 cm³/mol. The number of hydrogen-bond donors (Lipinski definition) is 1. The third-order valence-corrected chi connectivity index (χ3v) is 4.90. The van der Waals surface area contributed by atoms with Crippen LogP contribution in [0.1, 0.15) is 16.0 Å². The summed E-state index contributed by atoms with van der Waals surface area (Å²) in [5.41, 5.74) is 2.45. The van der Waals surface area contributed by atoms with Gasteiger partial charge in [0.25, 0.3) is 0 Å². The van der Waals surface area contributed by atoms with Crippen molar-refractivity contribution in [2.75, 3.05) is 13.6 Å². The zero-order valence-electron chi connectivity index (χ0n) is 12.8. The van der Waals surface area contributed by atoms with Crippen molar-refractivity contribution < 1.29 is 9.53 Å². The fourth-order valence-electron chi connectivity index (χ4n) is 2.56. The maximum Gasteiger partial charge on any atom is 0.317 e. The second kappa shape index (κ2) is 6.40. The van der Waals surface area contributed by atoms with E-state index in [1.54, 1.807) is 16.2 Å². The topological polar surface area (TPSA) is 41.6 Å². The van der Waals surface area contributed by atoms with Crippen molar-refractivity contribution in [2.24, 2.45) is 0 Å². The van der Waals surface area contributed by atoms with E-state index in [2.05, 4.69) is 29.8 Å². The van der Waals surface area contributed by atoms with Crippen LogP contribution < -0.4 is 10.1 Å².